The first-order chi connectivity index (χ1) is 10.6. The smallest absolute Gasteiger partial charge is 0.224 e. The van der Waals surface area contributed by atoms with Crippen LogP contribution in [-0.4, -0.2) is 49.7 Å². The molecule has 1 heterocycles. The molecule has 0 bridgehead atoms. The van der Waals surface area contributed by atoms with Gasteiger partial charge in [-0.25, -0.2) is 0 Å². The first-order valence-electron chi connectivity index (χ1n) is 8.28. The summed E-state index contributed by atoms with van der Waals surface area (Å²) in [6.45, 7) is 10.5. The van der Waals surface area contributed by atoms with Crippen molar-refractivity contribution in [3.63, 3.8) is 0 Å². The Hall–Kier alpha value is -1.10. The lowest BCUT2D eigenvalue weighted by Gasteiger charge is -2.42. The summed E-state index contributed by atoms with van der Waals surface area (Å²) in [6.07, 6.45) is 1.02. The molecular formula is C18H29ClN2O2. The average molecular weight is 341 g/mol. The Bertz CT molecular complexity index is 469. The first kappa shape index (κ1) is 19.9. The second-order valence-corrected chi connectivity index (χ2v) is 6.06. The number of halogens is 1. The lowest BCUT2D eigenvalue weighted by Crippen LogP contribution is -2.52. The van der Waals surface area contributed by atoms with Crippen LogP contribution in [-0.2, 0) is 9.53 Å². The summed E-state index contributed by atoms with van der Waals surface area (Å²) in [7, 11) is 0. The number of hydrogen-bond donors (Lipinski definition) is 0. The molecule has 1 fully saturated rings. The Morgan fingerprint density at radius 1 is 1.35 bits per heavy atom. The second-order valence-electron chi connectivity index (χ2n) is 6.06. The van der Waals surface area contributed by atoms with E-state index in [1.807, 2.05) is 42.2 Å². The number of benzene rings is 1. The monoisotopic (exact) mass is 340 g/mol. The third-order valence-corrected chi connectivity index (χ3v) is 4.41. The molecule has 4 nitrogen and oxygen atoms in total. The van der Waals surface area contributed by atoms with Gasteiger partial charge in [0.05, 0.1) is 6.61 Å². The van der Waals surface area contributed by atoms with E-state index in [0.29, 0.717) is 5.92 Å². The van der Waals surface area contributed by atoms with Gasteiger partial charge >= 0.3 is 0 Å². The third-order valence-electron chi connectivity index (χ3n) is 4.41. The molecule has 0 radical (unpaired) electrons. The van der Waals surface area contributed by atoms with Crippen LogP contribution in [0.25, 0.3) is 0 Å². The normalized spacial score (nSPS) is 21.5. The Morgan fingerprint density at radius 3 is 2.61 bits per heavy atom. The zero-order valence-electron chi connectivity index (χ0n) is 14.4. The molecule has 1 saturated heterocycles. The van der Waals surface area contributed by atoms with Gasteiger partial charge in [-0.1, -0.05) is 25.1 Å². The molecule has 2 rings (SSSR count). The fourth-order valence-electron chi connectivity index (χ4n) is 3.34. The van der Waals surface area contributed by atoms with E-state index in [0.717, 1.165) is 45.0 Å². The number of ether oxygens (including phenoxy) is 1. The van der Waals surface area contributed by atoms with Crippen LogP contribution >= 0.6 is 12.4 Å². The van der Waals surface area contributed by atoms with Crippen LogP contribution < -0.4 is 4.90 Å². The van der Waals surface area contributed by atoms with Crippen LogP contribution in [0.1, 0.15) is 27.2 Å². The SMILES string of the molecule is CCOCCN1CC[C@@H](N(C(C)=O)c2ccccc2)[C@@H](C)C1.Cl. The van der Waals surface area contributed by atoms with E-state index in [2.05, 4.69) is 11.8 Å². The van der Waals surface area contributed by atoms with E-state index in [4.69, 9.17) is 4.74 Å². The Labute approximate surface area is 146 Å². The van der Waals surface area contributed by atoms with Crippen molar-refractivity contribution in [2.24, 2.45) is 5.92 Å². The number of carbonyl (C=O) groups excluding carboxylic acids is 1. The molecule has 2 atom stereocenters. The summed E-state index contributed by atoms with van der Waals surface area (Å²) >= 11 is 0. The van der Waals surface area contributed by atoms with Gasteiger partial charge in [-0.15, -0.1) is 12.4 Å². The molecule has 1 aliphatic heterocycles. The predicted molar refractivity (Wildman–Crippen MR) is 97.4 cm³/mol. The van der Waals surface area contributed by atoms with E-state index in [-0.39, 0.29) is 24.4 Å². The number of nitrogens with zero attached hydrogens (tertiary/aromatic N) is 2. The minimum Gasteiger partial charge on any atom is -0.380 e. The maximum absolute atomic E-state index is 12.2. The van der Waals surface area contributed by atoms with Crippen molar-refractivity contribution < 1.29 is 9.53 Å². The molecule has 0 spiro atoms. The molecule has 0 N–H and O–H groups in total. The minimum atomic E-state index is 0. The van der Waals surface area contributed by atoms with Crippen molar-refractivity contribution in [1.82, 2.24) is 4.90 Å². The lowest BCUT2D eigenvalue weighted by molar-refractivity contribution is -0.117. The van der Waals surface area contributed by atoms with Gasteiger partial charge in [0.15, 0.2) is 0 Å². The Balaban J connectivity index is 0.00000264. The number of piperidine rings is 1. The van der Waals surface area contributed by atoms with Crippen molar-refractivity contribution in [1.29, 1.82) is 0 Å². The molecule has 130 valence electrons. The topological polar surface area (TPSA) is 32.8 Å². The first-order valence-corrected chi connectivity index (χ1v) is 8.28. The Kier molecular flexibility index (Phi) is 8.59. The van der Waals surface area contributed by atoms with Crippen LogP contribution in [0.4, 0.5) is 5.69 Å². The molecule has 0 aromatic heterocycles. The van der Waals surface area contributed by atoms with Crippen molar-refractivity contribution in [3.05, 3.63) is 30.3 Å². The highest BCUT2D eigenvalue weighted by molar-refractivity contribution is 5.92. The highest BCUT2D eigenvalue weighted by Crippen LogP contribution is 2.27. The van der Waals surface area contributed by atoms with Crippen molar-refractivity contribution in [2.75, 3.05) is 37.7 Å². The molecular weight excluding hydrogens is 312 g/mol. The summed E-state index contributed by atoms with van der Waals surface area (Å²) in [5, 5.41) is 0. The second kappa shape index (κ2) is 9.91. The molecule has 23 heavy (non-hydrogen) atoms. The zero-order chi connectivity index (χ0) is 15.9. The van der Waals surface area contributed by atoms with E-state index in [1.165, 1.54) is 0 Å². The number of carbonyl (C=O) groups is 1. The van der Waals surface area contributed by atoms with Gasteiger partial charge in [0.1, 0.15) is 0 Å². The van der Waals surface area contributed by atoms with Crippen LogP contribution in [0.3, 0.4) is 0 Å². The maximum Gasteiger partial charge on any atom is 0.224 e. The van der Waals surface area contributed by atoms with Crippen LogP contribution in [0.15, 0.2) is 30.3 Å². The number of amides is 1. The van der Waals surface area contributed by atoms with Crippen LogP contribution in [0.2, 0.25) is 0 Å². The van der Waals surface area contributed by atoms with Gasteiger partial charge in [-0.05, 0) is 31.4 Å². The predicted octanol–water partition coefficient (Wildman–Crippen LogP) is 3.21. The highest BCUT2D eigenvalue weighted by Gasteiger charge is 2.32. The third kappa shape index (κ3) is 5.48. The van der Waals surface area contributed by atoms with E-state index >= 15 is 0 Å². The quantitative estimate of drug-likeness (QED) is 0.745. The summed E-state index contributed by atoms with van der Waals surface area (Å²) < 4.78 is 5.45. The molecule has 0 saturated carbocycles. The number of para-hydroxylation sites is 1. The van der Waals surface area contributed by atoms with E-state index in [1.54, 1.807) is 6.92 Å². The van der Waals surface area contributed by atoms with E-state index in [9.17, 15) is 4.79 Å². The van der Waals surface area contributed by atoms with Crippen LogP contribution in [0.5, 0.6) is 0 Å². The largest absolute Gasteiger partial charge is 0.380 e. The van der Waals surface area contributed by atoms with E-state index < -0.39 is 0 Å². The van der Waals surface area contributed by atoms with Gasteiger partial charge in [0.2, 0.25) is 5.91 Å². The van der Waals surface area contributed by atoms with Gasteiger partial charge in [0, 0.05) is 44.9 Å². The van der Waals surface area contributed by atoms with Crippen molar-refractivity contribution in [2.45, 2.75) is 33.2 Å². The standard InChI is InChI=1S/C18H28N2O2.ClH/c1-4-22-13-12-19-11-10-18(15(2)14-19)20(16(3)21)17-8-6-5-7-9-17;/h5-9,15,18H,4,10-14H2,1-3H3;1H/t15-,18+;/m0./s1. The maximum atomic E-state index is 12.2. The van der Waals surface area contributed by atoms with Gasteiger partial charge < -0.3 is 14.5 Å². The molecule has 0 unspecified atom stereocenters. The van der Waals surface area contributed by atoms with Gasteiger partial charge in [-0.2, -0.15) is 0 Å². The number of anilines is 1. The minimum absolute atomic E-state index is 0. The van der Waals surface area contributed by atoms with Crippen LogP contribution in [0, 0.1) is 5.92 Å². The lowest BCUT2D eigenvalue weighted by atomic mass is 9.91. The van der Waals surface area contributed by atoms with Gasteiger partial charge in [0.25, 0.3) is 0 Å². The zero-order valence-corrected chi connectivity index (χ0v) is 15.2. The van der Waals surface area contributed by atoms with Crippen molar-refractivity contribution in [3.8, 4) is 0 Å². The fourth-order valence-corrected chi connectivity index (χ4v) is 3.34. The number of likely N-dealkylation sites (tertiary alicyclic amines) is 1. The molecule has 1 aromatic carbocycles. The Morgan fingerprint density at radius 2 is 2.04 bits per heavy atom. The summed E-state index contributed by atoms with van der Waals surface area (Å²) in [5.74, 6) is 0.588. The fraction of sp³-hybridized carbons (Fsp3) is 0.611. The highest BCUT2D eigenvalue weighted by atomic mass is 35.5. The summed E-state index contributed by atoms with van der Waals surface area (Å²) in [4.78, 5) is 16.6. The summed E-state index contributed by atoms with van der Waals surface area (Å²) in [6, 6.07) is 10.3. The number of hydrogen-bond acceptors (Lipinski definition) is 3. The summed E-state index contributed by atoms with van der Waals surface area (Å²) in [5.41, 5.74) is 1.01. The molecule has 5 heteroatoms. The van der Waals surface area contributed by atoms with Gasteiger partial charge in [-0.3, -0.25) is 4.79 Å². The average Bonchev–Trinajstić information content (AvgIpc) is 2.51. The molecule has 0 aliphatic carbocycles. The number of rotatable bonds is 6. The van der Waals surface area contributed by atoms with Crippen molar-refractivity contribution >= 4 is 24.0 Å². The molecule has 1 aromatic rings. The molecule has 1 aliphatic rings. The molecule has 1 amide bonds.